The number of guanidine groups is 1. The molecule has 0 aromatic heterocycles. The summed E-state index contributed by atoms with van der Waals surface area (Å²) in [6, 6.07) is 5.51. The highest BCUT2D eigenvalue weighted by atomic mass is 16.5. The number of nitrogens with two attached hydrogens (primary N) is 1. The third-order valence-corrected chi connectivity index (χ3v) is 2.64. The van der Waals surface area contributed by atoms with Crippen LogP contribution < -0.4 is 20.5 Å². The van der Waals surface area contributed by atoms with Crippen LogP contribution in [0.15, 0.2) is 23.2 Å². The molecule has 0 heterocycles. The maximum absolute atomic E-state index is 5.82. The monoisotopic (exact) mass is 265 g/mol. The molecule has 5 nitrogen and oxygen atoms in total. The SMILES string of the molecule is COc1ccc(NC(N)=NCCC(C)C)cc1OC. The Morgan fingerprint density at radius 1 is 1.26 bits per heavy atom. The molecule has 0 bridgehead atoms. The first-order valence-corrected chi connectivity index (χ1v) is 6.35. The first-order valence-electron chi connectivity index (χ1n) is 6.35. The van der Waals surface area contributed by atoms with E-state index in [-0.39, 0.29) is 0 Å². The number of benzene rings is 1. The van der Waals surface area contributed by atoms with Crippen LogP contribution in [0, 0.1) is 5.92 Å². The smallest absolute Gasteiger partial charge is 0.193 e. The second-order valence-electron chi connectivity index (χ2n) is 4.64. The molecule has 0 aliphatic heterocycles. The lowest BCUT2D eigenvalue weighted by Crippen LogP contribution is -2.23. The zero-order chi connectivity index (χ0) is 14.3. The van der Waals surface area contributed by atoms with Crippen LogP contribution in [0.5, 0.6) is 11.5 Å². The first kappa shape index (κ1) is 15.1. The van der Waals surface area contributed by atoms with Crippen molar-refractivity contribution in [3.05, 3.63) is 18.2 Å². The summed E-state index contributed by atoms with van der Waals surface area (Å²) in [5, 5.41) is 3.03. The van der Waals surface area contributed by atoms with E-state index in [9.17, 15) is 0 Å². The van der Waals surface area contributed by atoms with Crippen LogP contribution in [0.25, 0.3) is 0 Å². The van der Waals surface area contributed by atoms with E-state index >= 15 is 0 Å². The third-order valence-electron chi connectivity index (χ3n) is 2.64. The van der Waals surface area contributed by atoms with Gasteiger partial charge in [-0.2, -0.15) is 0 Å². The summed E-state index contributed by atoms with van der Waals surface area (Å²) < 4.78 is 10.4. The van der Waals surface area contributed by atoms with Gasteiger partial charge in [-0.05, 0) is 24.5 Å². The normalized spacial score (nSPS) is 11.5. The van der Waals surface area contributed by atoms with Gasteiger partial charge in [0.1, 0.15) is 0 Å². The Morgan fingerprint density at radius 3 is 2.53 bits per heavy atom. The summed E-state index contributed by atoms with van der Waals surface area (Å²) in [4.78, 5) is 4.27. The quantitative estimate of drug-likeness (QED) is 0.612. The molecule has 19 heavy (non-hydrogen) atoms. The number of methoxy groups -OCH3 is 2. The molecule has 5 heteroatoms. The van der Waals surface area contributed by atoms with E-state index in [4.69, 9.17) is 15.2 Å². The number of hydrogen-bond acceptors (Lipinski definition) is 3. The number of nitrogens with zero attached hydrogens (tertiary/aromatic N) is 1. The van der Waals surface area contributed by atoms with Crippen molar-refractivity contribution in [1.29, 1.82) is 0 Å². The van der Waals surface area contributed by atoms with Gasteiger partial charge in [0.15, 0.2) is 17.5 Å². The van der Waals surface area contributed by atoms with Gasteiger partial charge < -0.3 is 20.5 Å². The van der Waals surface area contributed by atoms with E-state index in [0.29, 0.717) is 23.4 Å². The zero-order valence-corrected chi connectivity index (χ0v) is 12.1. The number of anilines is 1. The number of aliphatic imine (C=N–C) groups is 1. The molecule has 0 radical (unpaired) electrons. The molecule has 3 N–H and O–H groups in total. The van der Waals surface area contributed by atoms with Crippen molar-refractivity contribution in [2.75, 3.05) is 26.1 Å². The Hall–Kier alpha value is -1.91. The van der Waals surface area contributed by atoms with E-state index in [0.717, 1.165) is 18.7 Å². The molecule has 1 aromatic rings. The molecule has 1 rings (SSSR count). The van der Waals surface area contributed by atoms with Crippen LogP contribution in [0.3, 0.4) is 0 Å². The van der Waals surface area contributed by atoms with Gasteiger partial charge in [0, 0.05) is 18.3 Å². The van der Waals surface area contributed by atoms with Gasteiger partial charge in [0.05, 0.1) is 14.2 Å². The zero-order valence-electron chi connectivity index (χ0n) is 12.1. The molecule has 0 fully saturated rings. The van der Waals surface area contributed by atoms with Crippen LogP contribution in [0.4, 0.5) is 5.69 Å². The molecule has 0 saturated carbocycles. The van der Waals surface area contributed by atoms with Crippen LogP contribution in [-0.2, 0) is 0 Å². The topological polar surface area (TPSA) is 68.9 Å². The lowest BCUT2D eigenvalue weighted by molar-refractivity contribution is 0.355. The third kappa shape index (κ3) is 5.07. The highest BCUT2D eigenvalue weighted by molar-refractivity contribution is 5.92. The van der Waals surface area contributed by atoms with Crippen LogP contribution in [-0.4, -0.2) is 26.7 Å². The summed E-state index contributed by atoms with van der Waals surface area (Å²) in [6.45, 7) is 5.05. The van der Waals surface area contributed by atoms with Crippen molar-refractivity contribution in [3.8, 4) is 11.5 Å². The Labute approximate surface area is 114 Å². The molecule has 106 valence electrons. The highest BCUT2D eigenvalue weighted by Gasteiger charge is 2.04. The maximum Gasteiger partial charge on any atom is 0.193 e. The van der Waals surface area contributed by atoms with Gasteiger partial charge in [-0.3, -0.25) is 4.99 Å². The minimum Gasteiger partial charge on any atom is -0.493 e. The number of rotatable bonds is 6. The van der Waals surface area contributed by atoms with Gasteiger partial charge in [0.25, 0.3) is 0 Å². The Balaban J connectivity index is 2.66. The molecule has 0 atom stereocenters. The van der Waals surface area contributed by atoms with Crippen molar-refractivity contribution in [3.63, 3.8) is 0 Å². The average Bonchev–Trinajstić information content (AvgIpc) is 2.38. The molecule has 0 aliphatic carbocycles. The van der Waals surface area contributed by atoms with Crippen LogP contribution >= 0.6 is 0 Å². The van der Waals surface area contributed by atoms with E-state index in [1.54, 1.807) is 14.2 Å². The molecule has 0 unspecified atom stereocenters. The summed E-state index contributed by atoms with van der Waals surface area (Å²) in [6.07, 6.45) is 1.02. The van der Waals surface area contributed by atoms with Crippen molar-refractivity contribution < 1.29 is 9.47 Å². The highest BCUT2D eigenvalue weighted by Crippen LogP contribution is 2.29. The summed E-state index contributed by atoms with van der Waals surface area (Å²) in [5.74, 6) is 2.37. The van der Waals surface area contributed by atoms with Gasteiger partial charge in [-0.15, -0.1) is 0 Å². The Bertz CT molecular complexity index is 431. The fourth-order valence-electron chi connectivity index (χ4n) is 1.54. The van der Waals surface area contributed by atoms with E-state index < -0.39 is 0 Å². The van der Waals surface area contributed by atoms with Crippen molar-refractivity contribution in [1.82, 2.24) is 0 Å². The van der Waals surface area contributed by atoms with Crippen molar-refractivity contribution >= 4 is 11.6 Å². The minimum atomic E-state index is 0.410. The average molecular weight is 265 g/mol. The van der Waals surface area contributed by atoms with Crippen molar-refractivity contribution in [2.45, 2.75) is 20.3 Å². The van der Waals surface area contributed by atoms with Gasteiger partial charge in [-0.25, -0.2) is 0 Å². The van der Waals surface area contributed by atoms with E-state index in [2.05, 4.69) is 24.2 Å². The molecule has 1 aromatic carbocycles. The largest absolute Gasteiger partial charge is 0.493 e. The van der Waals surface area contributed by atoms with Crippen LogP contribution in [0.1, 0.15) is 20.3 Å². The fraction of sp³-hybridized carbons (Fsp3) is 0.500. The molecule has 0 aliphatic rings. The standard InChI is InChI=1S/C14H23N3O2/c1-10(2)7-8-16-14(15)17-11-5-6-12(18-3)13(9-11)19-4/h5-6,9-10H,7-8H2,1-4H3,(H3,15,16,17). The minimum absolute atomic E-state index is 0.410. The maximum atomic E-state index is 5.82. The molecule has 0 spiro atoms. The second kappa shape index (κ2) is 7.51. The van der Waals surface area contributed by atoms with Gasteiger partial charge in [-0.1, -0.05) is 13.8 Å². The number of nitrogens with one attached hydrogen (secondary N) is 1. The van der Waals surface area contributed by atoms with E-state index in [1.807, 2.05) is 18.2 Å². The predicted molar refractivity (Wildman–Crippen MR) is 79.1 cm³/mol. The summed E-state index contributed by atoms with van der Waals surface area (Å²) in [5.41, 5.74) is 6.64. The number of ether oxygens (including phenoxy) is 2. The lowest BCUT2D eigenvalue weighted by Gasteiger charge is -2.11. The fourth-order valence-corrected chi connectivity index (χ4v) is 1.54. The Morgan fingerprint density at radius 2 is 1.95 bits per heavy atom. The number of hydrogen-bond donors (Lipinski definition) is 2. The van der Waals surface area contributed by atoms with E-state index in [1.165, 1.54) is 0 Å². The van der Waals surface area contributed by atoms with Crippen LogP contribution in [0.2, 0.25) is 0 Å². The van der Waals surface area contributed by atoms with Gasteiger partial charge >= 0.3 is 0 Å². The lowest BCUT2D eigenvalue weighted by atomic mass is 10.1. The molecular formula is C14H23N3O2. The summed E-state index contributed by atoms with van der Waals surface area (Å²) in [7, 11) is 3.20. The second-order valence-corrected chi connectivity index (χ2v) is 4.64. The molecule has 0 saturated heterocycles. The summed E-state index contributed by atoms with van der Waals surface area (Å²) >= 11 is 0. The first-order chi connectivity index (χ1) is 9.06. The van der Waals surface area contributed by atoms with Gasteiger partial charge in [0.2, 0.25) is 0 Å². The molecule has 0 amide bonds. The Kier molecular flexibility index (Phi) is 5.99. The molecular weight excluding hydrogens is 242 g/mol. The predicted octanol–water partition coefficient (Wildman–Crippen LogP) is 2.48. The van der Waals surface area contributed by atoms with Crippen molar-refractivity contribution in [2.24, 2.45) is 16.6 Å².